The summed E-state index contributed by atoms with van der Waals surface area (Å²) in [6.07, 6.45) is 0. The Morgan fingerprint density at radius 2 is 1.16 bits per heavy atom. The third-order valence-corrected chi connectivity index (χ3v) is 10.4. The van der Waals surface area contributed by atoms with Crippen LogP contribution in [0.2, 0.25) is 0 Å². The fraction of sp³-hybridized carbons (Fsp3) is 0. The van der Waals surface area contributed by atoms with Gasteiger partial charge in [0.2, 0.25) is 5.95 Å². The Labute approximate surface area is 278 Å². The molecule has 0 N–H and O–H groups in total. The van der Waals surface area contributed by atoms with Gasteiger partial charge in [-0.15, -0.1) is 0 Å². The van der Waals surface area contributed by atoms with Crippen molar-refractivity contribution in [3.05, 3.63) is 146 Å². The Balaban J connectivity index is 1.37. The van der Waals surface area contributed by atoms with E-state index in [9.17, 15) is 0 Å². The Hall–Kier alpha value is -6.72. The first-order valence-corrected chi connectivity index (χ1v) is 16.6. The number of para-hydroxylation sites is 3. The maximum atomic E-state index is 6.50. The fourth-order valence-electron chi connectivity index (χ4n) is 8.45. The molecule has 0 aliphatic rings. The van der Waals surface area contributed by atoms with Crippen LogP contribution in [0.5, 0.6) is 0 Å². The van der Waals surface area contributed by atoms with E-state index < -0.39 is 0 Å². The second kappa shape index (κ2) is 9.00. The van der Waals surface area contributed by atoms with Crippen LogP contribution >= 0.6 is 0 Å². The molecule has 0 saturated heterocycles. The van der Waals surface area contributed by atoms with Crippen molar-refractivity contribution in [1.82, 2.24) is 18.9 Å². The predicted molar refractivity (Wildman–Crippen MR) is 201 cm³/mol. The lowest BCUT2D eigenvalue weighted by Gasteiger charge is -2.10. The topological polar surface area (TPSA) is 48.3 Å². The summed E-state index contributed by atoms with van der Waals surface area (Å²) in [5, 5.41) is 10.7. The molecule has 5 heterocycles. The lowest BCUT2D eigenvalue weighted by atomic mass is 10.0. The van der Waals surface area contributed by atoms with Gasteiger partial charge in [-0.1, -0.05) is 109 Å². The van der Waals surface area contributed by atoms with Crippen molar-refractivity contribution < 1.29 is 4.42 Å². The highest BCUT2D eigenvalue weighted by molar-refractivity contribution is 6.36. The largest absolute Gasteiger partial charge is 0.452 e. The first-order valence-electron chi connectivity index (χ1n) is 16.6. The second-order valence-electron chi connectivity index (χ2n) is 12.9. The Morgan fingerprint density at radius 3 is 2.02 bits per heavy atom. The smallest absolute Gasteiger partial charge is 0.236 e. The van der Waals surface area contributed by atoms with Crippen molar-refractivity contribution in [2.45, 2.75) is 0 Å². The highest BCUT2D eigenvalue weighted by Gasteiger charge is 2.27. The molecule has 5 aromatic heterocycles. The summed E-state index contributed by atoms with van der Waals surface area (Å²) >= 11 is 0. The average Bonchev–Trinajstić information content (AvgIpc) is 3.90. The Bertz CT molecular complexity index is 3330. The van der Waals surface area contributed by atoms with Gasteiger partial charge >= 0.3 is 0 Å². The normalized spacial score (nSPS) is 12.5. The van der Waals surface area contributed by atoms with Gasteiger partial charge in [0.05, 0.1) is 27.6 Å². The SMILES string of the molecule is c1ccc(-c2nc(-n3c4ccc5ccccc5c4c4cc5c6ccccc6n6c7ccccc7c(c43)c56)nc3c2oc2ccccc23)cc1. The van der Waals surface area contributed by atoms with Gasteiger partial charge in [0.25, 0.3) is 0 Å². The zero-order valence-electron chi connectivity index (χ0n) is 26.1. The molecule has 0 atom stereocenters. The second-order valence-corrected chi connectivity index (χ2v) is 12.9. The lowest BCUT2D eigenvalue weighted by molar-refractivity contribution is 0.666. The highest BCUT2D eigenvalue weighted by atomic mass is 16.3. The third kappa shape index (κ3) is 3.15. The summed E-state index contributed by atoms with van der Waals surface area (Å²) in [6, 6.07) is 51.6. The van der Waals surface area contributed by atoms with Crippen LogP contribution in [0.1, 0.15) is 0 Å². The summed E-state index contributed by atoms with van der Waals surface area (Å²) in [5.41, 5.74) is 9.88. The van der Waals surface area contributed by atoms with Crippen LogP contribution in [0.25, 0.3) is 110 Å². The Kier molecular flexibility index (Phi) is 4.66. The van der Waals surface area contributed by atoms with Crippen LogP contribution in [0.15, 0.2) is 150 Å². The molecule has 7 aromatic carbocycles. The molecular weight excluding hydrogens is 601 g/mol. The quantitative estimate of drug-likeness (QED) is 0.192. The van der Waals surface area contributed by atoms with Crippen molar-refractivity contribution in [2.75, 3.05) is 0 Å². The number of benzene rings is 7. The number of furan rings is 1. The summed E-state index contributed by atoms with van der Waals surface area (Å²) in [6.45, 7) is 0. The third-order valence-electron chi connectivity index (χ3n) is 10.4. The molecule has 0 aliphatic heterocycles. The van der Waals surface area contributed by atoms with Crippen molar-refractivity contribution in [3.8, 4) is 17.2 Å². The Morgan fingerprint density at radius 1 is 0.469 bits per heavy atom. The van der Waals surface area contributed by atoms with Gasteiger partial charge in [-0.2, -0.15) is 0 Å². The number of hydrogen-bond donors (Lipinski definition) is 0. The minimum Gasteiger partial charge on any atom is -0.452 e. The molecular formula is C44H24N4O. The van der Waals surface area contributed by atoms with E-state index >= 15 is 0 Å². The summed E-state index contributed by atoms with van der Waals surface area (Å²) in [5.74, 6) is 0.621. The molecule has 5 nitrogen and oxygen atoms in total. The number of rotatable bonds is 2. The number of aromatic nitrogens is 4. The van der Waals surface area contributed by atoms with Crippen molar-refractivity contribution in [2.24, 2.45) is 0 Å². The summed E-state index contributed by atoms with van der Waals surface area (Å²) in [7, 11) is 0. The molecule has 49 heavy (non-hydrogen) atoms. The molecule has 0 fully saturated rings. The van der Waals surface area contributed by atoms with Crippen LogP contribution < -0.4 is 0 Å². The van der Waals surface area contributed by atoms with Crippen LogP contribution in [0, 0.1) is 0 Å². The number of fused-ring (bicyclic) bond motifs is 15. The molecule has 0 spiro atoms. The van der Waals surface area contributed by atoms with Gasteiger partial charge in [-0.05, 0) is 47.2 Å². The van der Waals surface area contributed by atoms with E-state index in [1.54, 1.807) is 0 Å². The summed E-state index contributed by atoms with van der Waals surface area (Å²) < 4.78 is 11.2. The molecule has 226 valence electrons. The van der Waals surface area contributed by atoms with Gasteiger partial charge in [0.15, 0.2) is 5.58 Å². The maximum Gasteiger partial charge on any atom is 0.236 e. The predicted octanol–water partition coefficient (Wildman–Crippen LogP) is 11.4. The number of hydrogen-bond acceptors (Lipinski definition) is 3. The van der Waals surface area contributed by atoms with Gasteiger partial charge in [0.1, 0.15) is 16.8 Å². The lowest BCUT2D eigenvalue weighted by Crippen LogP contribution is -2.03. The van der Waals surface area contributed by atoms with E-state index in [0.29, 0.717) is 11.5 Å². The molecule has 12 aromatic rings. The zero-order chi connectivity index (χ0) is 31.8. The minimum absolute atomic E-state index is 0.621. The summed E-state index contributed by atoms with van der Waals surface area (Å²) in [4.78, 5) is 10.8. The van der Waals surface area contributed by atoms with Crippen LogP contribution in [0.4, 0.5) is 0 Å². The highest BCUT2D eigenvalue weighted by Crippen LogP contribution is 2.47. The van der Waals surface area contributed by atoms with E-state index in [-0.39, 0.29) is 0 Å². The van der Waals surface area contributed by atoms with E-state index in [1.807, 2.05) is 36.4 Å². The molecule has 12 rings (SSSR count). The van der Waals surface area contributed by atoms with Crippen LogP contribution in [-0.4, -0.2) is 18.9 Å². The minimum atomic E-state index is 0.621. The first-order chi connectivity index (χ1) is 24.3. The van der Waals surface area contributed by atoms with Crippen molar-refractivity contribution >= 4 is 92.7 Å². The molecule has 0 radical (unpaired) electrons. The van der Waals surface area contributed by atoms with Crippen LogP contribution in [-0.2, 0) is 0 Å². The molecule has 0 saturated carbocycles. The van der Waals surface area contributed by atoms with Crippen molar-refractivity contribution in [1.29, 1.82) is 0 Å². The molecule has 0 amide bonds. The van der Waals surface area contributed by atoms with Gasteiger partial charge in [0, 0.05) is 43.3 Å². The van der Waals surface area contributed by atoms with E-state index in [4.69, 9.17) is 14.4 Å². The fourth-order valence-corrected chi connectivity index (χ4v) is 8.45. The standard InChI is InChI=1S/C44H24N4O/c1-2-13-26(14-3-1)39-43-40(30-18-8-11-21-36(30)49-43)46-44(45-39)48-35-23-22-25-12-4-5-15-27(25)37(35)32-24-31-28-16-6-9-19-33(28)47-34-20-10-7-17-29(34)38(41(31)47)42(32)48/h1-24H. The van der Waals surface area contributed by atoms with Gasteiger partial charge in [-0.3, -0.25) is 4.57 Å². The van der Waals surface area contributed by atoms with Crippen LogP contribution in [0.3, 0.4) is 0 Å². The first kappa shape index (κ1) is 25.4. The average molecular weight is 625 g/mol. The molecule has 0 aliphatic carbocycles. The molecule has 0 bridgehead atoms. The van der Waals surface area contributed by atoms with Crippen molar-refractivity contribution in [3.63, 3.8) is 0 Å². The number of nitrogens with zero attached hydrogens (tertiary/aromatic N) is 4. The van der Waals surface area contributed by atoms with Gasteiger partial charge in [-0.25, -0.2) is 9.97 Å². The van der Waals surface area contributed by atoms with Gasteiger partial charge < -0.3 is 8.82 Å². The van der Waals surface area contributed by atoms with E-state index in [2.05, 4.69) is 118 Å². The zero-order valence-corrected chi connectivity index (χ0v) is 26.1. The van der Waals surface area contributed by atoms with E-state index in [1.165, 1.54) is 59.6 Å². The monoisotopic (exact) mass is 624 g/mol. The maximum absolute atomic E-state index is 6.50. The molecule has 0 unspecified atom stereocenters. The molecule has 5 heteroatoms. The van der Waals surface area contributed by atoms with E-state index in [0.717, 1.165) is 38.8 Å².